The van der Waals surface area contributed by atoms with Crippen molar-refractivity contribution < 1.29 is 28.5 Å². The van der Waals surface area contributed by atoms with Crippen LogP contribution < -0.4 is 9.47 Å². The average molecular weight is 589 g/mol. The van der Waals surface area contributed by atoms with Crippen LogP contribution in [0.5, 0.6) is 11.5 Å². The van der Waals surface area contributed by atoms with Crippen molar-refractivity contribution in [2.75, 3.05) is 13.2 Å². The molecule has 5 rings (SSSR count). The molecule has 6 nitrogen and oxygen atoms in total. The highest BCUT2D eigenvalue weighted by molar-refractivity contribution is 5.84. The molecule has 0 aromatic heterocycles. The number of carbonyl (C=O) groups excluding carboxylic acids is 2. The van der Waals surface area contributed by atoms with Gasteiger partial charge in [0.05, 0.1) is 13.2 Å². The molecule has 1 aliphatic rings. The van der Waals surface area contributed by atoms with Crippen molar-refractivity contribution >= 4 is 11.9 Å². The van der Waals surface area contributed by atoms with Crippen molar-refractivity contribution in [3.05, 3.63) is 121 Å². The number of rotatable bonds is 13. The lowest BCUT2D eigenvalue weighted by Crippen LogP contribution is -2.22. The Morgan fingerprint density at radius 3 is 1.77 bits per heavy atom. The first-order valence-corrected chi connectivity index (χ1v) is 14.8. The zero-order valence-corrected chi connectivity index (χ0v) is 25.1. The molecule has 0 radical (unpaired) electrons. The maximum atomic E-state index is 11.5. The molecular weight excluding hydrogens is 552 g/mol. The summed E-state index contributed by atoms with van der Waals surface area (Å²) in [6.45, 7) is 11.7. The molecule has 4 aromatic rings. The third kappa shape index (κ3) is 6.92. The first-order chi connectivity index (χ1) is 21.4. The quantitative estimate of drug-likeness (QED) is 0.0675. The maximum Gasteiger partial charge on any atom is 0.333 e. The Hall–Kier alpha value is -5.10. The summed E-state index contributed by atoms with van der Waals surface area (Å²) >= 11 is 0. The number of ether oxygens (including phenoxy) is 4. The molecule has 0 N–H and O–H groups in total. The minimum absolute atomic E-state index is 0.255. The topological polar surface area (TPSA) is 71.1 Å². The minimum atomic E-state index is -0.658. The van der Waals surface area contributed by atoms with Crippen LogP contribution in [0.1, 0.15) is 43.7 Å². The molecule has 4 aromatic carbocycles. The van der Waals surface area contributed by atoms with Crippen LogP contribution >= 0.6 is 0 Å². The normalized spacial score (nSPS) is 13.6. The third-order valence-corrected chi connectivity index (χ3v) is 7.69. The second kappa shape index (κ2) is 13.9. The van der Waals surface area contributed by atoms with Gasteiger partial charge in [0.2, 0.25) is 6.29 Å². The highest BCUT2D eigenvalue weighted by Crippen LogP contribution is 2.47. The van der Waals surface area contributed by atoms with Crippen LogP contribution in [0, 0.1) is 0 Å². The Labute approximate surface area is 258 Å². The van der Waals surface area contributed by atoms with Crippen LogP contribution in [0.4, 0.5) is 0 Å². The Morgan fingerprint density at radius 1 is 0.727 bits per heavy atom. The van der Waals surface area contributed by atoms with E-state index in [2.05, 4.69) is 68.6 Å². The molecule has 2 atom stereocenters. The van der Waals surface area contributed by atoms with Gasteiger partial charge in [-0.25, -0.2) is 9.59 Å². The Balaban J connectivity index is 1.25. The molecular formula is C38H36O6. The fourth-order valence-corrected chi connectivity index (χ4v) is 5.33. The molecule has 0 saturated carbocycles. The summed E-state index contributed by atoms with van der Waals surface area (Å²) < 4.78 is 21.8. The SMILES string of the molecule is C=CC(=O)OCCCOc1ccc(-c2ccc3c(c2)C(C)c2cc(-c4ccc(OC(CC)OC(=O)C=C)cc4)ccc2-3)cc1. The van der Waals surface area contributed by atoms with E-state index in [0.717, 1.165) is 40.2 Å². The summed E-state index contributed by atoms with van der Waals surface area (Å²) in [5.74, 6) is 0.744. The van der Waals surface area contributed by atoms with E-state index in [-0.39, 0.29) is 5.92 Å². The second-order valence-electron chi connectivity index (χ2n) is 10.5. The van der Waals surface area contributed by atoms with Gasteiger partial charge in [-0.2, -0.15) is 0 Å². The molecule has 0 bridgehead atoms. The molecule has 0 spiro atoms. The minimum Gasteiger partial charge on any atom is -0.493 e. The van der Waals surface area contributed by atoms with E-state index >= 15 is 0 Å². The van der Waals surface area contributed by atoms with E-state index in [9.17, 15) is 9.59 Å². The van der Waals surface area contributed by atoms with Gasteiger partial charge in [-0.1, -0.05) is 75.5 Å². The van der Waals surface area contributed by atoms with Crippen LogP contribution in [-0.4, -0.2) is 31.4 Å². The van der Waals surface area contributed by atoms with E-state index in [1.54, 1.807) is 0 Å². The fourth-order valence-electron chi connectivity index (χ4n) is 5.33. The summed E-state index contributed by atoms with van der Waals surface area (Å²) in [4.78, 5) is 22.7. The molecule has 0 fully saturated rings. The van der Waals surface area contributed by atoms with E-state index in [1.165, 1.54) is 22.3 Å². The summed E-state index contributed by atoms with van der Waals surface area (Å²) in [5, 5.41) is 0. The lowest BCUT2D eigenvalue weighted by atomic mass is 9.94. The monoisotopic (exact) mass is 588 g/mol. The summed E-state index contributed by atoms with van der Waals surface area (Å²) in [7, 11) is 0. The van der Waals surface area contributed by atoms with E-state index < -0.39 is 18.2 Å². The molecule has 0 heterocycles. The first-order valence-electron chi connectivity index (χ1n) is 14.8. The molecule has 0 aliphatic heterocycles. The molecule has 44 heavy (non-hydrogen) atoms. The molecule has 0 amide bonds. The van der Waals surface area contributed by atoms with Crippen molar-refractivity contribution in [1.29, 1.82) is 0 Å². The maximum absolute atomic E-state index is 11.5. The summed E-state index contributed by atoms with van der Waals surface area (Å²) in [6, 6.07) is 29.2. The molecule has 224 valence electrons. The zero-order valence-electron chi connectivity index (χ0n) is 25.1. The van der Waals surface area contributed by atoms with Crippen LogP contribution in [0.3, 0.4) is 0 Å². The smallest absolute Gasteiger partial charge is 0.333 e. The number of benzene rings is 4. The van der Waals surface area contributed by atoms with Gasteiger partial charge in [0.25, 0.3) is 0 Å². The Morgan fingerprint density at radius 2 is 1.25 bits per heavy atom. The number of carbonyl (C=O) groups is 2. The Bertz CT molecular complexity index is 1650. The third-order valence-electron chi connectivity index (χ3n) is 7.69. The van der Waals surface area contributed by atoms with Crippen molar-refractivity contribution in [2.24, 2.45) is 0 Å². The number of hydrogen-bond donors (Lipinski definition) is 0. The van der Waals surface area contributed by atoms with Crippen molar-refractivity contribution in [3.8, 4) is 44.9 Å². The molecule has 1 aliphatic carbocycles. The molecule has 2 unspecified atom stereocenters. The van der Waals surface area contributed by atoms with E-state index in [0.29, 0.717) is 31.8 Å². The predicted octanol–water partition coefficient (Wildman–Crippen LogP) is 8.50. The van der Waals surface area contributed by atoms with Crippen LogP contribution in [0.2, 0.25) is 0 Å². The summed E-state index contributed by atoms with van der Waals surface area (Å²) in [5.41, 5.74) is 9.65. The van der Waals surface area contributed by atoms with Crippen molar-refractivity contribution in [1.82, 2.24) is 0 Å². The average Bonchev–Trinajstić information content (AvgIpc) is 3.34. The van der Waals surface area contributed by atoms with Gasteiger partial charge < -0.3 is 18.9 Å². The number of fused-ring (bicyclic) bond motifs is 3. The number of hydrogen-bond acceptors (Lipinski definition) is 6. The first kappa shape index (κ1) is 30.4. The van der Waals surface area contributed by atoms with E-state index in [1.807, 2.05) is 43.3 Å². The molecule has 0 saturated heterocycles. The predicted molar refractivity (Wildman–Crippen MR) is 173 cm³/mol. The van der Waals surface area contributed by atoms with Gasteiger partial charge in [0.15, 0.2) is 0 Å². The van der Waals surface area contributed by atoms with Gasteiger partial charge in [-0.05, 0) is 80.9 Å². The number of esters is 2. The van der Waals surface area contributed by atoms with Crippen molar-refractivity contribution in [3.63, 3.8) is 0 Å². The lowest BCUT2D eigenvalue weighted by molar-refractivity contribution is -0.157. The largest absolute Gasteiger partial charge is 0.493 e. The second-order valence-corrected chi connectivity index (χ2v) is 10.5. The highest BCUT2D eigenvalue weighted by atomic mass is 16.7. The van der Waals surface area contributed by atoms with Gasteiger partial charge in [0, 0.05) is 30.9 Å². The van der Waals surface area contributed by atoms with Gasteiger partial charge in [-0.15, -0.1) is 0 Å². The lowest BCUT2D eigenvalue weighted by Gasteiger charge is -2.17. The summed E-state index contributed by atoms with van der Waals surface area (Å²) in [6.07, 6.45) is 2.78. The fraction of sp³-hybridized carbons (Fsp3) is 0.211. The highest BCUT2D eigenvalue weighted by Gasteiger charge is 2.26. The molecule has 6 heteroatoms. The zero-order chi connectivity index (χ0) is 31.1. The van der Waals surface area contributed by atoms with Crippen molar-refractivity contribution in [2.45, 2.75) is 38.9 Å². The van der Waals surface area contributed by atoms with Crippen LogP contribution in [0.15, 0.2) is 110 Å². The van der Waals surface area contributed by atoms with Crippen LogP contribution in [0.25, 0.3) is 33.4 Å². The van der Waals surface area contributed by atoms with Crippen LogP contribution in [-0.2, 0) is 19.1 Å². The van der Waals surface area contributed by atoms with E-state index in [4.69, 9.17) is 18.9 Å². The van der Waals surface area contributed by atoms with Gasteiger partial charge >= 0.3 is 11.9 Å². The Kier molecular flexibility index (Phi) is 9.60. The van der Waals surface area contributed by atoms with Gasteiger partial charge in [-0.3, -0.25) is 0 Å². The standard InChI is InChI=1S/C38H36O6/c1-5-36(39)42-22-8-21-41-30-15-9-26(10-16-30)28-13-19-32-33-20-14-29(24-35(33)25(4)34(32)23-28)27-11-17-31(18-12-27)43-38(7-3)44-37(40)6-2/h5-6,9-20,23-25,38H,1-2,7-8,21-22H2,3-4H3. The van der Waals surface area contributed by atoms with Gasteiger partial charge in [0.1, 0.15) is 11.5 Å².